The van der Waals surface area contributed by atoms with E-state index < -0.39 is 0 Å². The number of anilines is 1. The molecule has 0 bridgehead atoms. The van der Waals surface area contributed by atoms with Crippen molar-refractivity contribution < 1.29 is 4.42 Å². The molecule has 2 saturated carbocycles. The van der Waals surface area contributed by atoms with Gasteiger partial charge in [0.05, 0.1) is 17.7 Å². The van der Waals surface area contributed by atoms with E-state index in [0.717, 1.165) is 12.4 Å². The number of aromatic nitrogens is 3. The average molecular weight is 304 g/mol. The van der Waals surface area contributed by atoms with Gasteiger partial charge in [-0.1, -0.05) is 24.4 Å². The van der Waals surface area contributed by atoms with Crippen LogP contribution in [0.15, 0.2) is 9.93 Å². The molecule has 0 aliphatic heterocycles. The van der Waals surface area contributed by atoms with E-state index in [2.05, 4.69) is 20.5 Å². The standard InChI is InChI=1S/C15H20N4OS/c1-2-4-11(5-3-1)14-18-19-15(20-14)16-8-12-13(10-6-7-10)17-9-21-12/h9-11H,1-8H2,(H,16,19). The molecular formula is C15H20N4OS. The number of nitrogens with one attached hydrogen (secondary N) is 1. The smallest absolute Gasteiger partial charge is 0.315 e. The maximum atomic E-state index is 5.79. The van der Waals surface area contributed by atoms with Gasteiger partial charge in [0.25, 0.3) is 0 Å². The summed E-state index contributed by atoms with van der Waals surface area (Å²) in [6.07, 6.45) is 8.82. The summed E-state index contributed by atoms with van der Waals surface area (Å²) >= 11 is 1.71. The molecule has 2 heterocycles. The lowest BCUT2D eigenvalue weighted by atomic mass is 9.89. The van der Waals surface area contributed by atoms with Crippen LogP contribution in [-0.2, 0) is 6.54 Å². The third-order valence-corrected chi connectivity index (χ3v) is 5.28. The third kappa shape index (κ3) is 2.95. The maximum Gasteiger partial charge on any atom is 0.315 e. The van der Waals surface area contributed by atoms with Crippen LogP contribution >= 0.6 is 11.3 Å². The van der Waals surface area contributed by atoms with Gasteiger partial charge in [-0.3, -0.25) is 0 Å². The van der Waals surface area contributed by atoms with Crippen LogP contribution in [-0.4, -0.2) is 15.2 Å². The van der Waals surface area contributed by atoms with Crippen LogP contribution in [0.1, 0.15) is 73.2 Å². The second kappa shape index (κ2) is 5.75. The molecule has 0 unspecified atom stereocenters. The molecule has 0 amide bonds. The maximum absolute atomic E-state index is 5.79. The zero-order valence-electron chi connectivity index (χ0n) is 12.0. The van der Waals surface area contributed by atoms with Crippen molar-refractivity contribution in [1.29, 1.82) is 0 Å². The van der Waals surface area contributed by atoms with Crippen LogP contribution in [0.4, 0.5) is 6.01 Å². The predicted molar refractivity (Wildman–Crippen MR) is 81.5 cm³/mol. The first kappa shape index (κ1) is 13.2. The number of rotatable bonds is 5. The van der Waals surface area contributed by atoms with Crippen LogP contribution < -0.4 is 5.32 Å². The quantitative estimate of drug-likeness (QED) is 0.902. The summed E-state index contributed by atoms with van der Waals surface area (Å²) in [6.45, 7) is 0.739. The Labute approximate surface area is 128 Å². The fraction of sp³-hybridized carbons (Fsp3) is 0.667. The molecule has 6 heteroatoms. The van der Waals surface area contributed by atoms with E-state index in [1.54, 1.807) is 11.3 Å². The molecule has 2 aromatic heterocycles. The van der Waals surface area contributed by atoms with Crippen molar-refractivity contribution in [2.75, 3.05) is 5.32 Å². The average Bonchev–Trinajstić information content (AvgIpc) is 3.09. The Balaban J connectivity index is 1.38. The second-order valence-electron chi connectivity index (χ2n) is 6.07. The van der Waals surface area contributed by atoms with Gasteiger partial charge in [0.2, 0.25) is 5.89 Å². The molecule has 4 rings (SSSR count). The Morgan fingerprint density at radius 2 is 1.95 bits per heavy atom. The summed E-state index contributed by atoms with van der Waals surface area (Å²) < 4.78 is 5.79. The highest BCUT2D eigenvalue weighted by atomic mass is 32.1. The summed E-state index contributed by atoms with van der Waals surface area (Å²) in [5.41, 5.74) is 3.20. The Hall–Kier alpha value is -1.43. The first-order valence-corrected chi connectivity index (χ1v) is 8.77. The van der Waals surface area contributed by atoms with E-state index in [9.17, 15) is 0 Å². The molecule has 0 aromatic carbocycles. The van der Waals surface area contributed by atoms with E-state index in [0.29, 0.717) is 17.9 Å². The third-order valence-electron chi connectivity index (χ3n) is 4.43. The summed E-state index contributed by atoms with van der Waals surface area (Å²) in [4.78, 5) is 5.78. The van der Waals surface area contributed by atoms with Crippen LogP contribution in [0.3, 0.4) is 0 Å². The highest BCUT2D eigenvalue weighted by Gasteiger charge is 2.28. The Morgan fingerprint density at radius 3 is 2.76 bits per heavy atom. The Morgan fingerprint density at radius 1 is 1.10 bits per heavy atom. The molecule has 2 fully saturated rings. The normalized spacial score (nSPS) is 19.8. The van der Waals surface area contributed by atoms with Crippen molar-refractivity contribution in [1.82, 2.24) is 15.2 Å². The van der Waals surface area contributed by atoms with Gasteiger partial charge >= 0.3 is 6.01 Å². The van der Waals surface area contributed by atoms with E-state index in [1.165, 1.54) is 55.5 Å². The topological polar surface area (TPSA) is 63.8 Å². The zero-order chi connectivity index (χ0) is 14.1. The first-order chi connectivity index (χ1) is 10.4. The van der Waals surface area contributed by atoms with Gasteiger partial charge in [-0.25, -0.2) is 4.98 Å². The molecular weight excluding hydrogens is 284 g/mol. The highest BCUT2D eigenvalue weighted by molar-refractivity contribution is 7.09. The van der Waals surface area contributed by atoms with Gasteiger partial charge in [-0.15, -0.1) is 16.4 Å². The van der Waals surface area contributed by atoms with Gasteiger partial charge < -0.3 is 9.73 Å². The number of nitrogens with zero attached hydrogens (tertiary/aromatic N) is 3. The molecule has 112 valence electrons. The number of hydrogen-bond acceptors (Lipinski definition) is 6. The van der Waals surface area contributed by atoms with Crippen LogP contribution in [0.5, 0.6) is 0 Å². The molecule has 21 heavy (non-hydrogen) atoms. The van der Waals surface area contributed by atoms with E-state index in [-0.39, 0.29) is 0 Å². The minimum Gasteiger partial charge on any atom is -0.408 e. The SMILES string of the molecule is c1nc(C2CC2)c(CNc2nnc(C3CCCCC3)o2)s1. The van der Waals surface area contributed by atoms with E-state index >= 15 is 0 Å². The van der Waals surface area contributed by atoms with Crippen molar-refractivity contribution in [3.63, 3.8) is 0 Å². The minimum atomic E-state index is 0.465. The Bertz CT molecular complexity index is 598. The zero-order valence-corrected chi connectivity index (χ0v) is 12.9. The molecule has 5 nitrogen and oxygen atoms in total. The largest absolute Gasteiger partial charge is 0.408 e. The molecule has 0 atom stereocenters. The lowest BCUT2D eigenvalue weighted by molar-refractivity contribution is 0.367. The number of thiazole rings is 1. The van der Waals surface area contributed by atoms with Crippen molar-refractivity contribution >= 4 is 17.4 Å². The van der Waals surface area contributed by atoms with Gasteiger partial charge in [-0.05, 0) is 25.7 Å². The predicted octanol–water partition coefficient (Wildman–Crippen LogP) is 4.06. The van der Waals surface area contributed by atoms with Crippen molar-refractivity contribution in [2.45, 2.75) is 63.3 Å². The van der Waals surface area contributed by atoms with Crippen LogP contribution in [0.2, 0.25) is 0 Å². The summed E-state index contributed by atoms with van der Waals surface area (Å²) in [5, 5.41) is 11.6. The van der Waals surface area contributed by atoms with Crippen LogP contribution in [0.25, 0.3) is 0 Å². The van der Waals surface area contributed by atoms with Gasteiger partial charge in [0.15, 0.2) is 0 Å². The van der Waals surface area contributed by atoms with Gasteiger partial charge in [0, 0.05) is 16.7 Å². The number of hydrogen-bond donors (Lipinski definition) is 1. The molecule has 0 radical (unpaired) electrons. The fourth-order valence-corrected chi connectivity index (χ4v) is 3.87. The fourth-order valence-electron chi connectivity index (χ4n) is 3.08. The van der Waals surface area contributed by atoms with Gasteiger partial charge in [0.1, 0.15) is 0 Å². The molecule has 2 aromatic rings. The molecule has 0 saturated heterocycles. The molecule has 1 N–H and O–H groups in total. The highest BCUT2D eigenvalue weighted by Crippen LogP contribution is 2.42. The summed E-state index contributed by atoms with van der Waals surface area (Å²) in [5.74, 6) is 1.96. The lowest BCUT2D eigenvalue weighted by Crippen LogP contribution is -2.04. The molecule has 0 spiro atoms. The lowest BCUT2D eigenvalue weighted by Gasteiger charge is -2.17. The Kier molecular flexibility index (Phi) is 3.63. The van der Waals surface area contributed by atoms with Crippen molar-refractivity contribution in [3.8, 4) is 0 Å². The molecule has 2 aliphatic carbocycles. The second-order valence-corrected chi connectivity index (χ2v) is 7.01. The van der Waals surface area contributed by atoms with Crippen LogP contribution in [0, 0.1) is 0 Å². The minimum absolute atomic E-state index is 0.465. The van der Waals surface area contributed by atoms with E-state index in [4.69, 9.17) is 4.42 Å². The first-order valence-electron chi connectivity index (χ1n) is 7.89. The summed E-state index contributed by atoms with van der Waals surface area (Å²) in [7, 11) is 0. The van der Waals surface area contributed by atoms with E-state index in [1.807, 2.05) is 5.51 Å². The van der Waals surface area contributed by atoms with Gasteiger partial charge in [-0.2, -0.15) is 0 Å². The monoisotopic (exact) mass is 304 g/mol. The summed E-state index contributed by atoms with van der Waals surface area (Å²) in [6, 6.07) is 0.547. The molecule has 2 aliphatic rings. The van der Waals surface area contributed by atoms with Crippen molar-refractivity contribution in [2.24, 2.45) is 0 Å². The van der Waals surface area contributed by atoms with Crippen molar-refractivity contribution in [3.05, 3.63) is 22.0 Å².